The van der Waals surface area contributed by atoms with Gasteiger partial charge in [0, 0.05) is 11.9 Å². The summed E-state index contributed by atoms with van der Waals surface area (Å²) in [5.41, 5.74) is 3.32. The monoisotopic (exact) mass is 655 g/mol. The number of nitrogens with one attached hydrogen (secondary N) is 2. The number of fused-ring (bicyclic) bond motifs is 4. The number of aromatic nitrogens is 1. The van der Waals surface area contributed by atoms with Crippen LogP contribution in [-0.2, 0) is 33.4 Å². The van der Waals surface area contributed by atoms with E-state index in [0.717, 1.165) is 5.39 Å². The van der Waals surface area contributed by atoms with E-state index in [4.69, 9.17) is 19.2 Å². The maximum Gasteiger partial charge on any atom is 0.321 e. The lowest BCUT2D eigenvalue weighted by Gasteiger charge is -2.41. The molecule has 3 aliphatic rings. The number of amides is 3. The Balaban J connectivity index is 1.57. The summed E-state index contributed by atoms with van der Waals surface area (Å²) >= 11 is 0. The lowest BCUT2D eigenvalue weighted by Crippen LogP contribution is -2.60. The lowest BCUT2D eigenvalue weighted by atomic mass is 9.87. The zero-order valence-electron chi connectivity index (χ0n) is 26.8. The standard InChI is InChI=1S/C33H39F2N5O7/c1-19(2)27-29(42)37-21(4)30(43)40-13-5-6-25(39-40)28(41)36-20(3)24-10-9-23-8-7-22(14-26(23)38-24)11-12-32(31(44)47-27)17-45-33(15-34,16-35)46-18-32/h7-12,14,19,21,25,27,39H,5-6,13,15-18H2,1-4H3,(H,37,42)/b12-11+,36-20+/t21-,25-,27-/m0/s1. The number of hydrogen-bond acceptors (Lipinski definition) is 9. The van der Waals surface area contributed by atoms with E-state index in [1.807, 2.05) is 12.1 Å². The van der Waals surface area contributed by atoms with Gasteiger partial charge in [-0.15, -0.1) is 0 Å². The van der Waals surface area contributed by atoms with Crippen molar-refractivity contribution in [3.63, 3.8) is 0 Å². The highest BCUT2D eigenvalue weighted by atomic mass is 19.1. The first-order valence-electron chi connectivity index (χ1n) is 15.6. The van der Waals surface area contributed by atoms with Crippen LogP contribution in [0.5, 0.6) is 0 Å². The molecule has 1 spiro atoms. The Hall–Kier alpha value is -4.14. The fourth-order valence-electron chi connectivity index (χ4n) is 5.51. The van der Waals surface area contributed by atoms with Crippen LogP contribution in [0.15, 0.2) is 41.4 Å². The molecule has 2 fully saturated rings. The molecule has 0 unspecified atom stereocenters. The van der Waals surface area contributed by atoms with Gasteiger partial charge in [-0.25, -0.2) is 24.2 Å². The number of carbonyl (C=O) groups excluding carboxylic acids is 4. The molecule has 2 saturated heterocycles. The molecular weight excluding hydrogens is 616 g/mol. The van der Waals surface area contributed by atoms with Crippen molar-refractivity contribution in [1.82, 2.24) is 20.7 Å². The number of aliphatic imine (C=N–C) groups is 1. The number of rotatable bonds is 3. The third-order valence-electron chi connectivity index (χ3n) is 8.54. The molecule has 14 heteroatoms. The van der Waals surface area contributed by atoms with Gasteiger partial charge in [0.25, 0.3) is 17.7 Å². The van der Waals surface area contributed by atoms with Crippen LogP contribution in [0.1, 0.15) is 51.8 Å². The molecule has 2 aromatic rings. The van der Waals surface area contributed by atoms with Crippen LogP contribution >= 0.6 is 0 Å². The Morgan fingerprint density at radius 2 is 1.77 bits per heavy atom. The summed E-state index contributed by atoms with van der Waals surface area (Å²) in [5.74, 6) is -5.27. The van der Waals surface area contributed by atoms with Crippen molar-refractivity contribution in [3.8, 4) is 0 Å². The molecule has 3 aliphatic heterocycles. The quantitative estimate of drug-likeness (QED) is 0.477. The number of esters is 1. The van der Waals surface area contributed by atoms with Gasteiger partial charge in [0.05, 0.1) is 30.1 Å². The maximum absolute atomic E-state index is 13.9. The van der Waals surface area contributed by atoms with Crippen LogP contribution in [0.4, 0.5) is 8.78 Å². The Kier molecular flexibility index (Phi) is 10.1. The van der Waals surface area contributed by atoms with Crippen molar-refractivity contribution < 1.29 is 42.2 Å². The zero-order valence-corrected chi connectivity index (χ0v) is 26.8. The van der Waals surface area contributed by atoms with Gasteiger partial charge in [0.2, 0.25) is 5.79 Å². The number of hydrazine groups is 1. The fourth-order valence-corrected chi connectivity index (χ4v) is 5.51. The molecule has 5 bridgehead atoms. The number of nitrogens with zero attached hydrogens (tertiary/aromatic N) is 3. The number of benzene rings is 1. The highest BCUT2D eigenvalue weighted by molar-refractivity contribution is 6.06. The molecular formula is C33H39F2N5O7. The highest BCUT2D eigenvalue weighted by Crippen LogP contribution is 2.35. The number of pyridine rings is 1. The Bertz CT molecular complexity index is 1600. The molecule has 1 aromatic carbocycles. The SMILES string of the molecule is C/C1=N\C(=O)[C@@H]2CCCN(N2)C(=O)[C@H](C)NC(=O)[C@H](C(C)C)OC(=O)C2(/C=C/c3ccc4ccc1nc4c3)COC(CF)(CF)OC2. The van der Waals surface area contributed by atoms with Gasteiger partial charge >= 0.3 is 5.97 Å². The van der Waals surface area contributed by atoms with Crippen LogP contribution in [0.3, 0.4) is 0 Å². The molecule has 5 rings (SSSR count). The van der Waals surface area contributed by atoms with Crippen molar-refractivity contribution in [2.24, 2.45) is 16.3 Å². The van der Waals surface area contributed by atoms with Gasteiger partial charge in [-0.1, -0.05) is 44.2 Å². The Morgan fingerprint density at radius 3 is 2.45 bits per heavy atom. The number of cyclic esters (lactones) is 1. The van der Waals surface area contributed by atoms with Crippen molar-refractivity contribution in [2.75, 3.05) is 33.1 Å². The predicted octanol–water partition coefficient (Wildman–Crippen LogP) is 2.83. The summed E-state index contributed by atoms with van der Waals surface area (Å²) < 4.78 is 44.1. The van der Waals surface area contributed by atoms with Crippen LogP contribution in [-0.4, -0.2) is 96.5 Å². The molecule has 3 amide bonds. The van der Waals surface area contributed by atoms with Gasteiger partial charge < -0.3 is 19.5 Å². The summed E-state index contributed by atoms with van der Waals surface area (Å²) in [6.45, 7) is 3.27. The van der Waals surface area contributed by atoms with Crippen molar-refractivity contribution in [3.05, 3.63) is 47.7 Å². The van der Waals surface area contributed by atoms with E-state index in [0.29, 0.717) is 41.9 Å². The average Bonchev–Trinajstić information content (AvgIpc) is 3.08. The fraction of sp³-hybridized carbons (Fsp3) is 0.515. The molecule has 47 heavy (non-hydrogen) atoms. The van der Waals surface area contributed by atoms with E-state index in [1.165, 1.54) is 18.0 Å². The summed E-state index contributed by atoms with van der Waals surface area (Å²) in [7, 11) is 0. The number of alkyl halides is 2. The second kappa shape index (κ2) is 13.9. The normalized spacial score (nSPS) is 27.3. The van der Waals surface area contributed by atoms with Gasteiger partial charge in [-0.3, -0.25) is 24.2 Å². The summed E-state index contributed by atoms with van der Waals surface area (Å²) in [6, 6.07) is 7.18. The first kappa shape index (κ1) is 34.2. The minimum absolute atomic E-state index is 0.302. The average molecular weight is 656 g/mol. The maximum atomic E-state index is 13.9. The van der Waals surface area contributed by atoms with Gasteiger partial charge in [-0.05, 0) is 50.3 Å². The second-order valence-corrected chi connectivity index (χ2v) is 12.5. The minimum atomic E-state index is -2.16. The van der Waals surface area contributed by atoms with Crippen molar-refractivity contribution >= 4 is 46.4 Å². The summed E-state index contributed by atoms with van der Waals surface area (Å²) in [5, 5.41) is 4.71. The zero-order chi connectivity index (χ0) is 33.9. The lowest BCUT2D eigenvalue weighted by molar-refractivity contribution is -0.305. The van der Waals surface area contributed by atoms with Crippen LogP contribution in [0.2, 0.25) is 0 Å². The van der Waals surface area contributed by atoms with Gasteiger partial charge in [0.15, 0.2) is 6.10 Å². The number of halogens is 2. The molecule has 252 valence electrons. The van der Waals surface area contributed by atoms with E-state index >= 15 is 0 Å². The largest absolute Gasteiger partial charge is 0.451 e. The third kappa shape index (κ3) is 7.24. The molecule has 3 atom stereocenters. The van der Waals surface area contributed by atoms with E-state index in [-0.39, 0.29) is 0 Å². The number of carbonyl (C=O) groups is 4. The van der Waals surface area contributed by atoms with Gasteiger partial charge in [-0.2, -0.15) is 0 Å². The van der Waals surface area contributed by atoms with E-state index < -0.39 is 85.6 Å². The smallest absolute Gasteiger partial charge is 0.321 e. The molecule has 4 heterocycles. The second-order valence-electron chi connectivity index (χ2n) is 12.5. The minimum Gasteiger partial charge on any atom is -0.451 e. The van der Waals surface area contributed by atoms with Gasteiger partial charge in [0.1, 0.15) is 30.8 Å². The van der Waals surface area contributed by atoms with Crippen molar-refractivity contribution in [2.45, 2.75) is 64.5 Å². The van der Waals surface area contributed by atoms with Crippen molar-refractivity contribution in [1.29, 1.82) is 0 Å². The number of ether oxygens (including phenoxy) is 3. The predicted molar refractivity (Wildman–Crippen MR) is 167 cm³/mol. The molecule has 0 radical (unpaired) electrons. The van der Waals surface area contributed by atoms with Crippen LogP contribution in [0, 0.1) is 11.3 Å². The first-order valence-corrected chi connectivity index (χ1v) is 15.6. The Morgan fingerprint density at radius 1 is 1.06 bits per heavy atom. The highest BCUT2D eigenvalue weighted by Gasteiger charge is 2.50. The summed E-state index contributed by atoms with van der Waals surface area (Å²) in [4.78, 5) is 62.8. The molecule has 2 N–H and O–H groups in total. The topological polar surface area (TPSA) is 149 Å². The molecule has 12 nitrogen and oxygen atoms in total. The summed E-state index contributed by atoms with van der Waals surface area (Å²) in [6.07, 6.45) is 2.72. The van der Waals surface area contributed by atoms with Crippen LogP contribution in [0.25, 0.3) is 17.0 Å². The van der Waals surface area contributed by atoms with E-state index in [9.17, 15) is 28.0 Å². The number of hydrogen-bond donors (Lipinski definition) is 2. The Labute approximate surface area is 270 Å². The third-order valence-corrected chi connectivity index (χ3v) is 8.54. The van der Waals surface area contributed by atoms with E-state index in [1.54, 1.807) is 45.0 Å². The molecule has 0 saturated carbocycles. The van der Waals surface area contributed by atoms with E-state index in [2.05, 4.69) is 15.7 Å². The van der Waals surface area contributed by atoms with Crippen LogP contribution < -0.4 is 10.7 Å². The molecule has 1 aromatic heterocycles. The molecule has 0 aliphatic carbocycles. The first-order chi connectivity index (χ1) is 22.4.